The third kappa shape index (κ3) is 2.58. The van der Waals surface area contributed by atoms with Crippen LogP contribution in [0.4, 0.5) is 5.69 Å². The van der Waals surface area contributed by atoms with Crippen molar-refractivity contribution in [3.05, 3.63) is 29.8 Å². The Morgan fingerprint density at radius 3 is 2.31 bits per heavy atom. The number of nitrogens with one attached hydrogen (secondary N) is 1. The molecule has 16 heavy (non-hydrogen) atoms. The van der Waals surface area contributed by atoms with E-state index in [0.29, 0.717) is 6.04 Å². The monoisotopic (exact) mass is 217 g/mol. The molecule has 0 aromatic heterocycles. The number of benzene rings is 1. The van der Waals surface area contributed by atoms with Gasteiger partial charge in [0.05, 0.1) is 0 Å². The van der Waals surface area contributed by atoms with E-state index in [0.717, 1.165) is 0 Å². The molecule has 1 aromatic rings. The molecular formula is C15H23N. The van der Waals surface area contributed by atoms with Crippen LogP contribution in [0.5, 0.6) is 0 Å². The zero-order chi connectivity index (χ0) is 11.6. The van der Waals surface area contributed by atoms with Gasteiger partial charge in [0.25, 0.3) is 0 Å². The fourth-order valence-electron chi connectivity index (χ4n) is 2.55. The topological polar surface area (TPSA) is 12.0 Å². The molecule has 0 saturated heterocycles. The molecule has 0 atom stereocenters. The van der Waals surface area contributed by atoms with Crippen LogP contribution >= 0.6 is 0 Å². The highest BCUT2D eigenvalue weighted by Gasteiger charge is 2.20. The van der Waals surface area contributed by atoms with Crippen molar-refractivity contribution in [3.63, 3.8) is 0 Å². The first-order valence-electron chi connectivity index (χ1n) is 6.43. The van der Waals surface area contributed by atoms with Crippen LogP contribution in [-0.2, 0) is 5.41 Å². The average Bonchev–Trinajstić information content (AvgIpc) is 2.70. The minimum Gasteiger partial charge on any atom is -0.382 e. The lowest BCUT2D eigenvalue weighted by molar-refractivity contribution is 0.589. The van der Waals surface area contributed by atoms with Gasteiger partial charge >= 0.3 is 0 Å². The van der Waals surface area contributed by atoms with Gasteiger partial charge in [-0.05, 0) is 29.9 Å². The van der Waals surface area contributed by atoms with Gasteiger partial charge in [-0.15, -0.1) is 0 Å². The summed E-state index contributed by atoms with van der Waals surface area (Å²) in [7, 11) is 0. The Hall–Kier alpha value is -0.980. The maximum atomic E-state index is 3.72. The number of para-hydroxylation sites is 1. The van der Waals surface area contributed by atoms with Crippen molar-refractivity contribution in [2.24, 2.45) is 0 Å². The van der Waals surface area contributed by atoms with Gasteiger partial charge < -0.3 is 5.32 Å². The zero-order valence-corrected chi connectivity index (χ0v) is 10.7. The minimum absolute atomic E-state index is 0.224. The van der Waals surface area contributed by atoms with Gasteiger partial charge in [0.15, 0.2) is 0 Å². The lowest BCUT2D eigenvalue weighted by Gasteiger charge is -2.25. The smallest absolute Gasteiger partial charge is 0.0380 e. The Morgan fingerprint density at radius 2 is 1.69 bits per heavy atom. The van der Waals surface area contributed by atoms with Gasteiger partial charge in [-0.25, -0.2) is 0 Å². The van der Waals surface area contributed by atoms with E-state index >= 15 is 0 Å². The first-order valence-corrected chi connectivity index (χ1v) is 6.43. The van der Waals surface area contributed by atoms with Crippen molar-refractivity contribution in [3.8, 4) is 0 Å². The van der Waals surface area contributed by atoms with Gasteiger partial charge in [-0.1, -0.05) is 51.8 Å². The maximum Gasteiger partial charge on any atom is 0.0380 e. The molecule has 1 aliphatic carbocycles. The quantitative estimate of drug-likeness (QED) is 0.777. The molecule has 1 fully saturated rings. The normalized spacial score (nSPS) is 17.7. The van der Waals surface area contributed by atoms with Gasteiger partial charge in [-0.3, -0.25) is 0 Å². The molecule has 0 spiro atoms. The van der Waals surface area contributed by atoms with E-state index in [1.54, 1.807) is 0 Å². The van der Waals surface area contributed by atoms with Gasteiger partial charge in [0.1, 0.15) is 0 Å². The minimum atomic E-state index is 0.224. The van der Waals surface area contributed by atoms with Crippen molar-refractivity contribution < 1.29 is 0 Å². The summed E-state index contributed by atoms with van der Waals surface area (Å²) >= 11 is 0. The SMILES string of the molecule is CC(C)(C)c1ccccc1NC1CCCC1. The molecule has 2 rings (SSSR count). The Kier molecular flexibility index (Phi) is 3.22. The van der Waals surface area contributed by atoms with Crippen LogP contribution in [-0.4, -0.2) is 6.04 Å². The standard InChI is InChI=1S/C15H23N/c1-15(2,3)13-10-6-7-11-14(13)16-12-8-4-5-9-12/h6-7,10-12,16H,4-5,8-9H2,1-3H3. The number of anilines is 1. The van der Waals surface area contributed by atoms with E-state index in [9.17, 15) is 0 Å². The van der Waals surface area contributed by atoms with Gasteiger partial charge in [0.2, 0.25) is 0 Å². The van der Waals surface area contributed by atoms with Crippen molar-refractivity contribution in [1.29, 1.82) is 0 Å². The molecule has 0 aliphatic heterocycles. The molecule has 1 nitrogen and oxygen atoms in total. The second-order valence-corrected chi connectivity index (χ2v) is 5.92. The second kappa shape index (κ2) is 4.48. The van der Waals surface area contributed by atoms with Crippen LogP contribution < -0.4 is 5.32 Å². The molecule has 0 unspecified atom stereocenters. The summed E-state index contributed by atoms with van der Waals surface area (Å²) < 4.78 is 0. The predicted octanol–water partition coefficient (Wildman–Crippen LogP) is 4.34. The fourth-order valence-corrected chi connectivity index (χ4v) is 2.55. The van der Waals surface area contributed by atoms with E-state index in [4.69, 9.17) is 0 Å². The Balaban J connectivity index is 2.19. The van der Waals surface area contributed by atoms with E-state index in [1.807, 2.05) is 0 Å². The highest BCUT2D eigenvalue weighted by atomic mass is 14.9. The highest BCUT2D eigenvalue weighted by molar-refractivity contribution is 5.54. The summed E-state index contributed by atoms with van der Waals surface area (Å²) in [5, 5.41) is 3.72. The van der Waals surface area contributed by atoms with Crippen molar-refractivity contribution in [1.82, 2.24) is 0 Å². The largest absolute Gasteiger partial charge is 0.382 e. The predicted molar refractivity (Wildman–Crippen MR) is 71.0 cm³/mol. The average molecular weight is 217 g/mol. The molecule has 0 heterocycles. The summed E-state index contributed by atoms with van der Waals surface area (Å²) in [6.45, 7) is 6.84. The number of hydrogen-bond donors (Lipinski definition) is 1. The summed E-state index contributed by atoms with van der Waals surface area (Å²) in [6, 6.07) is 9.44. The van der Waals surface area contributed by atoms with Crippen molar-refractivity contribution in [2.45, 2.75) is 57.9 Å². The Morgan fingerprint density at radius 1 is 1.06 bits per heavy atom. The van der Waals surface area contributed by atoms with E-state index < -0.39 is 0 Å². The zero-order valence-electron chi connectivity index (χ0n) is 10.7. The maximum absolute atomic E-state index is 3.72. The summed E-state index contributed by atoms with van der Waals surface area (Å²) in [5.41, 5.74) is 2.99. The van der Waals surface area contributed by atoms with Crippen molar-refractivity contribution >= 4 is 5.69 Å². The molecule has 88 valence electrons. The van der Waals surface area contributed by atoms with E-state index in [-0.39, 0.29) is 5.41 Å². The molecule has 0 amide bonds. The lowest BCUT2D eigenvalue weighted by atomic mass is 9.85. The number of rotatable bonds is 2. The highest BCUT2D eigenvalue weighted by Crippen LogP contribution is 2.31. The first kappa shape index (κ1) is 11.5. The molecule has 1 aromatic carbocycles. The van der Waals surface area contributed by atoms with Crippen LogP contribution in [0.3, 0.4) is 0 Å². The van der Waals surface area contributed by atoms with Crippen LogP contribution in [0.25, 0.3) is 0 Å². The molecular weight excluding hydrogens is 194 g/mol. The van der Waals surface area contributed by atoms with Gasteiger partial charge in [-0.2, -0.15) is 0 Å². The fraction of sp³-hybridized carbons (Fsp3) is 0.600. The molecule has 1 N–H and O–H groups in total. The lowest BCUT2D eigenvalue weighted by Crippen LogP contribution is -2.20. The van der Waals surface area contributed by atoms with E-state index in [1.165, 1.54) is 36.9 Å². The molecule has 1 aliphatic rings. The summed E-state index contributed by atoms with van der Waals surface area (Å²) in [5.74, 6) is 0. The van der Waals surface area contributed by atoms with E-state index in [2.05, 4.69) is 50.4 Å². The summed E-state index contributed by atoms with van der Waals surface area (Å²) in [4.78, 5) is 0. The first-order chi connectivity index (χ1) is 7.57. The molecule has 1 heteroatoms. The third-order valence-electron chi connectivity index (χ3n) is 3.45. The van der Waals surface area contributed by atoms with Crippen LogP contribution in [0.1, 0.15) is 52.0 Å². The third-order valence-corrected chi connectivity index (χ3v) is 3.45. The Bertz CT molecular complexity index is 343. The molecule has 0 radical (unpaired) electrons. The molecule has 1 saturated carbocycles. The molecule has 0 bridgehead atoms. The van der Waals surface area contributed by atoms with Crippen LogP contribution in [0, 0.1) is 0 Å². The van der Waals surface area contributed by atoms with Crippen LogP contribution in [0.2, 0.25) is 0 Å². The van der Waals surface area contributed by atoms with Gasteiger partial charge in [0, 0.05) is 11.7 Å². The Labute approximate surface area is 99.3 Å². The van der Waals surface area contributed by atoms with Crippen molar-refractivity contribution in [2.75, 3.05) is 5.32 Å². The number of hydrogen-bond acceptors (Lipinski definition) is 1. The van der Waals surface area contributed by atoms with Crippen LogP contribution in [0.15, 0.2) is 24.3 Å². The second-order valence-electron chi connectivity index (χ2n) is 5.92. The summed E-state index contributed by atoms with van der Waals surface area (Å²) in [6.07, 6.45) is 5.43.